The van der Waals surface area contributed by atoms with E-state index in [1.54, 1.807) is 43.8 Å². The maximum atomic E-state index is 12.6. The number of fused-ring (bicyclic) bond motifs is 1. The molecule has 3 aromatic carbocycles. The van der Waals surface area contributed by atoms with Crippen LogP contribution in [0.2, 0.25) is 0 Å². The molecule has 0 saturated heterocycles. The number of amides is 2. The first kappa shape index (κ1) is 22.6. The molecule has 1 aromatic heterocycles. The van der Waals surface area contributed by atoms with Crippen molar-refractivity contribution in [3.05, 3.63) is 82.7 Å². The largest absolute Gasteiger partial charge is 0.493 e. The molecule has 1 aliphatic rings. The van der Waals surface area contributed by atoms with Crippen LogP contribution in [-0.2, 0) is 17.8 Å². The summed E-state index contributed by atoms with van der Waals surface area (Å²) >= 11 is 1.57. The van der Waals surface area contributed by atoms with Crippen LogP contribution < -0.4 is 20.1 Å². The van der Waals surface area contributed by atoms with Gasteiger partial charge in [-0.15, -0.1) is 11.3 Å². The van der Waals surface area contributed by atoms with Crippen molar-refractivity contribution in [2.24, 2.45) is 0 Å². The SMILES string of the molecule is COc1ccc(-c2csc(-c3ccc(CNC(=O)c4ccc5c(c4)CC(=O)N5)cc3)n2)cc1OC. The van der Waals surface area contributed by atoms with Gasteiger partial charge in [-0.3, -0.25) is 9.59 Å². The topological polar surface area (TPSA) is 89.5 Å². The minimum Gasteiger partial charge on any atom is -0.493 e. The molecule has 2 amide bonds. The van der Waals surface area contributed by atoms with Crippen LogP contribution in [0.15, 0.2) is 66.0 Å². The average Bonchev–Trinajstić information content (AvgIpc) is 3.53. The molecule has 0 radical (unpaired) electrons. The zero-order valence-corrected chi connectivity index (χ0v) is 20.1. The molecule has 8 heteroatoms. The Morgan fingerprint density at radius 2 is 1.77 bits per heavy atom. The predicted octanol–water partition coefficient (Wildman–Crippen LogP) is 4.92. The number of hydrogen-bond donors (Lipinski definition) is 2. The molecular weight excluding hydrogens is 462 g/mol. The minimum absolute atomic E-state index is 0.0475. The van der Waals surface area contributed by atoms with Crippen molar-refractivity contribution in [2.75, 3.05) is 19.5 Å². The number of rotatable bonds is 7. The van der Waals surface area contributed by atoms with Gasteiger partial charge in [-0.05, 0) is 47.5 Å². The Morgan fingerprint density at radius 3 is 2.54 bits per heavy atom. The molecule has 0 atom stereocenters. The number of nitrogens with zero attached hydrogens (tertiary/aromatic N) is 1. The highest BCUT2D eigenvalue weighted by Gasteiger charge is 2.19. The number of nitrogens with one attached hydrogen (secondary N) is 2. The van der Waals surface area contributed by atoms with Crippen molar-refractivity contribution < 1.29 is 19.1 Å². The summed E-state index contributed by atoms with van der Waals surface area (Å²) in [7, 11) is 3.23. The van der Waals surface area contributed by atoms with E-state index < -0.39 is 0 Å². The standard InChI is InChI=1S/C27H23N3O4S/c1-33-23-10-8-18(12-24(23)34-2)22-15-35-27(30-22)17-5-3-16(4-6-17)14-28-26(32)19-7-9-21-20(11-19)13-25(31)29-21/h3-12,15H,13-14H2,1-2H3,(H,28,32)(H,29,31). The monoisotopic (exact) mass is 485 g/mol. The summed E-state index contributed by atoms with van der Waals surface area (Å²) in [5.74, 6) is 1.12. The number of hydrogen-bond acceptors (Lipinski definition) is 6. The van der Waals surface area contributed by atoms with E-state index in [-0.39, 0.29) is 11.8 Å². The Hall–Kier alpha value is -4.17. The van der Waals surface area contributed by atoms with E-state index >= 15 is 0 Å². The molecule has 0 aliphatic carbocycles. The molecule has 0 bridgehead atoms. The maximum absolute atomic E-state index is 12.6. The van der Waals surface area contributed by atoms with E-state index in [1.165, 1.54) is 0 Å². The molecule has 2 N–H and O–H groups in total. The van der Waals surface area contributed by atoms with Crippen molar-refractivity contribution in [2.45, 2.75) is 13.0 Å². The second kappa shape index (κ2) is 9.60. The lowest BCUT2D eigenvalue weighted by Gasteiger charge is -2.08. The van der Waals surface area contributed by atoms with Gasteiger partial charge in [-0.25, -0.2) is 4.98 Å². The Bertz CT molecular complexity index is 1410. The summed E-state index contributed by atoms with van der Waals surface area (Å²) in [5, 5.41) is 8.65. The second-order valence-electron chi connectivity index (χ2n) is 8.08. The van der Waals surface area contributed by atoms with Gasteiger partial charge in [0, 0.05) is 34.3 Å². The van der Waals surface area contributed by atoms with Crippen molar-refractivity contribution >= 4 is 28.8 Å². The summed E-state index contributed by atoms with van der Waals surface area (Å²) < 4.78 is 10.7. The second-order valence-corrected chi connectivity index (χ2v) is 8.94. The van der Waals surface area contributed by atoms with Crippen molar-refractivity contribution in [1.82, 2.24) is 10.3 Å². The Labute approximate surface area is 206 Å². The van der Waals surface area contributed by atoms with E-state index in [4.69, 9.17) is 14.5 Å². The van der Waals surface area contributed by atoms with E-state index in [2.05, 4.69) is 10.6 Å². The Kier molecular flexibility index (Phi) is 6.20. The summed E-state index contributed by atoms with van der Waals surface area (Å²) in [6, 6.07) is 19.0. The van der Waals surface area contributed by atoms with Crippen LogP contribution in [0.1, 0.15) is 21.5 Å². The number of benzene rings is 3. The van der Waals surface area contributed by atoms with E-state index in [1.807, 2.05) is 47.8 Å². The minimum atomic E-state index is -0.171. The van der Waals surface area contributed by atoms with Crippen LogP contribution in [0.5, 0.6) is 11.5 Å². The molecule has 2 heterocycles. The van der Waals surface area contributed by atoms with Crippen LogP contribution in [-0.4, -0.2) is 31.0 Å². The highest BCUT2D eigenvalue weighted by atomic mass is 32.1. The lowest BCUT2D eigenvalue weighted by Crippen LogP contribution is -2.22. The van der Waals surface area contributed by atoms with Crippen molar-refractivity contribution in [3.63, 3.8) is 0 Å². The van der Waals surface area contributed by atoms with Gasteiger partial charge in [-0.1, -0.05) is 24.3 Å². The maximum Gasteiger partial charge on any atom is 0.251 e. The number of carbonyl (C=O) groups is 2. The van der Waals surface area contributed by atoms with Crippen LogP contribution in [0.25, 0.3) is 21.8 Å². The first-order chi connectivity index (χ1) is 17.0. The number of methoxy groups -OCH3 is 2. The van der Waals surface area contributed by atoms with Crippen LogP contribution in [0, 0.1) is 0 Å². The number of carbonyl (C=O) groups excluding carboxylic acids is 2. The van der Waals surface area contributed by atoms with Gasteiger partial charge in [0.05, 0.1) is 26.3 Å². The summed E-state index contributed by atoms with van der Waals surface area (Å²) in [4.78, 5) is 28.9. The quantitative estimate of drug-likeness (QED) is 0.388. The van der Waals surface area contributed by atoms with E-state index in [9.17, 15) is 9.59 Å². The van der Waals surface area contributed by atoms with Crippen LogP contribution in [0.4, 0.5) is 5.69 Å². The summed E-state index contributed by atoms with van der Waals surface area (Å²) in [6.45, 7) is 0.405. The molecule has 5 rings (SSSR count). The molecule has 0 fully saturated rings. The molecule has 0 spiro atoms. The fourth-order valence-corrected chi connectivity index (χ4v) is 4.79. The third kappa shape index (κ3) is 4.74. The fourth-order valence-electron chi connectivity index (χ4n) is 3.95. The number of aromatic nitrogens is 1. The normalized spacial score (nSPS) is 12.1. The van der Waals surface area contributed by atoms with E-state index in [0.717, 1.165) is 38.6 Å². The van der Waals surface area contributed by atoms with E-state index in [0.29, 0.717) is 30.0 Å². The molecule has 0 unspecified atom stereocenters. The highest BCUT2D eigenvalue weighted by Crippen LogP contribution is 2.34. The average molecular weight is 486 g/mol. The molecule has 1 aliphatic heterocycles. The Morgan fingerprint density at radius 1 is 1.00 bits per heavy atom. The lowest BCUT2D eigenvalue weighted by atomic mass is 10.1. The molecule has 35 heavy (non-hydrogen) atoms. The molecule has 176 valence electrons. The molecule has 7 nitrogen and oxygen atoms in total. The number of ether oxygens (including phenoxy) is 2. The van der Waals surface area contributed by atoms with Gasteiger partial charge in [0.15, 0.2) is 11.5 Å². The van der Waals surface area contributed by atoms with Crippen molar-refractivity contribution in [3.8, 4) is 33.3 Å². The Balaban J connectivity index is 1.24. The zero-order valence-electron chi connectivity index (χ0n) is 19.3. The van der Waals surface area contributed by atoms with Crippen LogP contribution >= 0.6 is 11.3 Å². The lowest BCUT2D eigenvalue weighted by molar-refractivity contribution is -0.115. The summed E-state index contributed by atoms with van der Waals surface area (Å²) in [5.41, 5.74) is 5.98. The molecular formula is C27H23N3O4S. The van der Waals surface area contributed by atoms with Gasteiger partial charge in [-0.2, -0.15) is 0 Å². The molecule has 4 aromatic rings. The first-order valence-corrected chi connectivity index (χ1v) is 11.9. The van der Waals surface area contributed by atoms with Crippen LogP contribution in [0.3, 0.4) is 0 Å². The van der Waals surface area contributed by atoms with Gasteiger partial charge >= 0.3 is 0 Å². The smallest absolute Gasteiger partial charge is 0.251 e. The molecule has 0 saturated carbocycles. The van der Waals surface area contributed by atoms with Crippen molar-refractivity contribution in [1.29, 1.82) is 0 Å². The van der Waals surface area contributed by atoms with Gasteiger partial charge < -0.3 is 20.1 Å². The highest BCUT2D eigenvalue weighted by molar-refractivity contribution is 7.13. The first-order valence-electron chi connectivity index (χ1n) is 11.0. The van der Waals surface area contributed by atoms with Gasteiger partial charge in [0.2, 0.25) is 5.91 Å². The number of thiazole rings is 1. The number of anilines is 1. The van der Waals surface area contributed by atoms with Gasteiger partial charge in [0.25, 0.3) is 5.91 Å². The van der Waals surface area contributed by atoms with Gasteiger partial charge in [0.1, 0.15) is 5.01 Å². The zero-order chi connectivity index (χ0) is 24.4. The third-order valence-electron chi connectivity index (χ3n) is 5.83. The fraction of sp³-hybridized carbons (Fsp3) is 0.148. The third-order valence-corrected chi connectivity index (χ3v) is 6.72. The predicted molar refractivity (Wildman–Crippen MR) is 136 cm³/mol. The summed E-state index contributed by atoms with van der Waals surface area (Å²) in [6.07, 6.45) is 0.308.